The van der Waals surface area contributed by atoms with Gasteiger partial charge in [-0.3, -0.25) is 4.79 Å². The smallest absolute Gasteiger partial charge is 0.223 e. The average Bonchev–Trinajstić information content (AvgIpc) is 2.89. The first-order chi connectivity index (χ1) is 10.1. The molecule has 1 aromatic rings. The summed E-state index contributed by atoms with van der Waals surface area (Å²) in [5.74, 6) is 0.155. The van der Waals surface area contributed by atoms with Crippen LogP contribution in [0.3, 0.4) is 0 Å². The Hall–Kier alpha value is -1.55. The SMILES string of the molecule is CCc1cc2c(cc1N1CCN(C)CC1)N(C(C)=O)CC2. The van der Waals surface area contributed by atoms with Crippen molar-refractivity contribution in [3.8, 4) is 0 Å². The molecule has 0 unspecified atom stereocenters. The molecule has 1 fully saturated rings. The molecule has 1 saturated heterocycles. The molecule has 0 radical (unpaired) electrons. The number of hydrogen-bond donors (Lipinski definition) is 0. The molecule has 0 bridgehead atoms. The Morgan fingerprint density at radius 1 is 1.10 bits per heavy atom. The molecular weight excluding hydrogens is 262 g/mol. The minimum Gasteiger partial charge on any atom is -0.369 e. The minimum absolute atomic E-state index is 0.155. The van der Waals surface area contributed by atoms with Crippen LogP contribution in [0.2, 0.25) is 0 Å². The van der Waals surface area contributed by atoms with Crippen molar-refractivity contribution in [3.05, 3.63) is 23.3 Å². The van der Waals surface area contributed by atoms with Crippen LogP contribution in [0.25, 0.3) is 0 Å². The lowest BCUT2D eigenvalue weighted by Gasteiger charge is -2.35. The van der Waals surface area contributed by atoms with Gasteiger partial charge in [-0.1, -0.05) is 13.0 Å². The van der Waals surface area contributed by atoms with Gasteiger partial charge in [0.05, 0.1) is 0 Å². The number of nitrogens with zero attached hydrogens (tertiary/aromatic N) is 3. The second-order valence-corrected chi connectivity index (χ2v) is 6.17. The molecule has 0 atom stereocenters. The number of hydrogen-bond acceptors (Lipinski definition) is 3. The van der Waals surface area contributed by atoms with Gasteiger partial charge in [-0.25, -0.2) is 0 Å². The maximum Gasteiger partial charge on any atom is 0.223 e. The van der Waals surface area contributed by atoms with E-state index in [1.165, 1.54) is 16.8 Å². The Morgan fingerprint density at radius 2 is 1.81 bits per heavy atom. The lowest BCUT2D eigenvalue weighted by Crippen LogP contribution is -2.44. The van der Waals surface area contributed by atoms with Crippen LogP contribution in [0.1, 0.15) is 25.0 Å². The van der Waals surface area contributed by atoms with E-state index in [0.29, 0.717) is 0 Å². The minimum atomic E-state index is 0.155. The molecule has 4 heteroatoms. The standard InChI is InChI=1S/C17H25N3O/c1-4-14-11-15-5-6-20(13(2)21)17(15)12-16(14)19-9-7-18(3)8-10-19/h11-12H,4-10H2,1-3H3. The molecule has 1 aromatic carbocycles. The van der Waals surface area contributed by atoms with Crippen LogP contribution in [0, 0.1) is 0 Å². The fourth-order valence-electron chi connectivity index (χ4n) is 3.43. The van der Waals surface area contributed by atoms with Crippen LogP contribution >= 0.6 is 0 Å². The molecule has 0 aromatic heterocycles. The number of fused-ring (bicyclic) bond motifs is 1. The monoisotopic (exact) mass is 287 g/mol. The summed E-state index contributed by atoms with van der Waals surface area (Å²) >= 11 is 0. The van der Waals surface area contributed by atoms with Gasteiger partial charge in [-0.05, 0) is 37.1 Å². The summed E-state index contributed by atoms with van der Waals surface area (Å²) in [6.07, 6.45) is 2.04. The van der Waals surface area contributed by atoms with Crippen LogP contribution in [0.5, 0.6) is 0 Å². The number of amides is 1. The summed E-state index contributed by atoms with van der Waals surface area (Å²) in [6, 6.07) is 4.58. The predicted molar refractivity (Wildman–Crippen MR) is 87.3 cm³/mol. The molecule has 2 aliphatic heterocycles. The van der Waals surface area contributed by atoms with E-state index in [-0.39, 0.29) is 5.91 Å². The van der Waals surface area contributed by atoms with Crippen molar-refractivity contribution in [1.82, 2.24) is 4.90 Å². The third kappa shape index (κ3) is 2.64. The molecule has 1 amide bonds. The van der Waals surface area contributed by atoms with Gasteiger partial charge in [0, 0.05) is 51.0 Å². The van der Waals surface area contributed by atoms with Crippen molar-refractivity contribution < 1.29 is 4.79 Å². The van der Waals surface area contributed by atoms with Gasteiger partial charge in [0.15, 0.2) is 0 Å². The second-order valence-electron chi connectivity index (χ2n) is 6.17. The Labute approximate surface area is 127 Å². The third-order valence-corrected chi connectivity index (χ3v) is 4.78. The van der Waals surface area contributed by atoms with E-state index in [4.69, 9.17) is 0 Å². The molecule has 0 N–H and O–H groups in total. The van der Waals surface area contributed by atoms with E-state index in [1.807, 2.05) is 4.90 Å². The first kappa shape index (κ1) is 14.4. The van der Waals surface area contributed by atoms with Crippen molar-refractivity contribution in [3.63, 3.8) is 0 Å². The van der Waals surface area contributed by atoms with Gasteiger partial charge < -0.3 is 14.7 Å². The van der Waals surface area contributed by atoms with Crippen LogP contribution in [-0.4, -0.2) is 50.6 Å². The average molecular weight is 287 g/mol. The molecule has 21 heavy (non-hydrogen) atoms. The number of carbonyl (C=O) groups excluding carboxylic acids is 1. The highest BCUT2D eigenvalue weighted by atomic mass is 16.2. The highest BCUT2D eigenvalue weighted by molar-refractivity contribution is 5.94. The van der Waals surface area contributed by atoms with Gasteiger partial charge in [-0.2, -0.15) is 0 Å². The van der Waals surface area contributed by atoms with Gasteiger partial charge in [0.2, 0.25) is 5.91 Å². The molecule has 0 spiro atoms. The Morgan fingerprint density at radius 3 is 2.43 bits per heavy atom. The van der Waals surface area contributed by atoms with E-state index in [2.05, 4.69) is 35.9 Å². The van der Waals surface area contributed by atoms with Crippen LogP contribution in [0.15, 0.2) is 12.1 Å². The zero-order valence-electron chi connectivity index (χ0n) is 13.4. The molecule has 0 saturated carbocycles. The lowest BCUT2D eigenvalue weighted by atomic mass is 10.0. The molecule has 2 aliphatic rings. The van der Waals surface area contributed by atoms with E-state index in [9.17, 15) is 4.79 Å². The van der Waals surface area contributed by atoms with Gasteiger partial charge in [-0.15, -0.1) is 0 Å². The summed E-state index contributed by atoms with van der Waals surface area (Å²) < 4.78 is 0. The van der Waals surface area contributed by atoms with Crippen molar-refractivity contribution in [2.45, 2.75) is 26.7 Å². The quantitative estimate of drug-likeness (QED) is 0.831. The number of likely N-dealkylation sites (N-methyl/N-ethyl adjacent to an activating group) is 1. The summed E-state index contributed by atoms with van der Waals surface area (Å²) in [5, 5.41) is 0. The summed E-state index contributed by atoms with van der Waals surface area (Å²) in [7, 11) is 2.18. The fourth-order valence-corrected chi connectivity index (χ4v) is 3.43. The zero-order chi connectivity index (χ0) is 15.0. The number of carbonyl (C=O) groups is 1. The van der Waals surface area contributed by atoms with Gasteiger partial charge in [0.25, 0.3) is 0 Å². The van der Waals surface area contributed by atoms with E-state index >= 15 is 0 Å². The van der Waals surface area contributed by atoms with Crippen LogP contribution in [0.4, 0.5) is 11.4 Å². The second kappa shape index (κ2) is 5.68. The molecular formula is C17H25N3O. The van der Waals surface area contributed by atoms with Crippen molar-refractivity contribution in [2.24, 2.45) is 0 Å². The van der Waals surface area contributed by atoms with Crippen molar-refractivity contribution in [2.75, 3.05) is 49.6 Å². The van der Waals surface area contributed by atoms with Crippen molar-refractivity contribution in [1.29, 1.82) is 0 Å². The van der Waals surface area contributed by atoms with Crippen LogP contribution < -0.4 is 9.80 Å². The number of rotatable bonds is 2. The first-order valence-electron chi connectivity index (χ1n) is 7.97. The molecule has 3 rings (SSSR count). The van der Waals surface area contributed by atoms with E-state index in [1.54, 1.807) is 6.92 Å². The maximum atomic E-state index is 11.8. The predicted octanol–water partition coefficient (Wildman–Crippen LogP) is 1.91. The lowest BCUT2D eigenvalue weighted by molar-refractivity contribution is -0.116. The Bertz CT molecular complexity index is 547. The van der Waals surface area contributed by atoms with E-state index < -0.39 is 0 Å². The highest BCUT2D eigenvalue weighted by Gasteiger charge is 2.25. The topological polar surface area (TPSA) is 26.8 Å². The number of aryl methyl sites for hydroxylation is 1. The third-order valence-electron chi connectivity index (χ3n) is 4.78. The van der Waals surface area contributed by atoms with E-state index in [0.717, 1.165) is 51.3 Å². The number of benzene rings is 1. The molecule has 4 nitrogen and oxygen atoms in total. The number of piperazine rings is 1. The largest absolute Gasteiger partial charge is 0.369 e. The molecule has 0 aliphatic carbocycles. The normalized spacial score (nSPS) is 19.0. The number of anilines is 2. The summed E-state index contributed by atoms with van der Waals surface area (Å²) in [6.45, 7) is 9.08. The first-order valence-corrected chi connectivity index (χ1v) is 7.97. The highest BCUT2D eigenvalue weighted by Crippen LogP contribution is 2.35. The van der Waals surface area contributed by atoms with Gasteiger partial charge in [0.1, 0.15) is 0 Å². The fraction of sp³-hybridized carbons (Fsp3) is 0.588. The zero-order valence-corrected chi connectivity index (χ0v) is 13.4. The molecule has 114 valence electrons. The van der Waals surface area contributed by atoms with Crippen LogP contribution in [-0.2, 0) is 17.6 Å². The Kier molecular flexibility index (Phi) is 3.89. The summed E-state index contributed by atoms with van der Waals surface area (Å²) in [4.78, 5) is 18.6. The maximum absolute atomic E-state index is 11.8. The Balaban J connectivity index is 1.96. The molecule has 2 heterocycles. The van der Waals surface area contributed by atoms with Gasteiger partial charge >= 0.3 is 0 Å². The summed E-state index contributed by atoms with van der Waals surface area (Å²) in [5.41, 5.74) is 5.22. The van der Waals surface area contributed by atoms with Crippen molar-refractivity contribution >= 4 is 17.3 Å².